The minimum absolute atomic E-state index is 0.00824. The molecule has 2 aromatic carbocycles. The minimum Gasteiger partial charge on any atom is -0.339 e. The predicted octanol–water partition coefficient (Wildman–Crippen LogP) is 3.94. The van der Waals surface area contributed by atoms with Gasteiger partial charge >= 0.3 is 6.03 Å². The van der Waals surface area contributed by atoms with Crippen molar-refractivity contribution in [2.24, 2.45) is 0 Å². The maximum atomic E-state index is 12.7. The Morgan fingerprint density at radius 2 is 1.34 bits per heavy atom. The number of carbonyl (C=O) groups is 3. The van der Waals surface area contributed by atoms with Crippen LogP contribution in [0.2, 0.25) is 0 Å². The molecule has 3 rings (SSSR count). The lowest BCUT2D eigenvalue weighted by atomic mass is 10.1. The van der Waals surface area contributed by atoms with E-state index >= 15 is 0 Å². The molecule has 0 aromatic heterocycles. The monoisotopic (exact) mass is 436 g/mol. The van der Waals surface area contributed by atoms with E-state index < -0.39 is 0 Å². The molecular weight excluding hydrogens is 404 g/mol. The zero-order chi connectivity index (χ0) is 22.9. The Bertz CT molecular complexity index is 901. The summed E-state index contributed by atoms with van der Waals surface area (Å²) in [4.78, 5) is 43.2. The molecule has 0 aliphatic carbocycles. The third kappa shape index (κ3) is 5.87. The Kier molecular flexibility index (Phi) is 8.25. The molecule has 1 aliphatic rings. The zero-order valence-electron chi connectivity index (χ0n) is 18.9. The van der Waals surface area contributed by atoms with Gasteiger partial charge in [-0.25, -0.2) is 4.79 Å². The maximum Gasteiger partial charge on any atom is 0.321 e. The summed E-state index contributed by atoms with van der Waals surface area (Å²) in [6, 6.07) is 16.0. The van der Waals surface area contributed by atoms with Gasteiger partial charge in [-0.05, 0) is 49.2 Å². The van der Waals surface area contributed by atoms with Gasteiger partial charge in [0.15, 0.2) is 0 Å². The summed E-state index contributed by atoms with van der Waals surface area (Å²) in [5.74, 6) is 0.0110. The maximum absolute atomic E-state index is 12.7. The molecule has 0 atom stereocenters. The third-order valence-corrected chi connectivity index (χ3v) is 5.53. The molecule has 1 heterocycles. The number of rotatable bonds is 7. The highest BCUT2D eigenvalue weighted by atomic mass is 16.2. The first kappa shape index (κ1) is 23.3. The average molecular weight is 437 g/mol. The Balaban J connectivity index is 1.52. The van der Waals surface area contributed by atoms with Crippen LogP contribution in [-0.4, -0.2) is 71.8 Å². The highest BCUT2D eigenvalue weighted by Crippen LogP contribution is 2.15. The van der Waals surface area contributed by atoms with Crippen molar-refractivity contribution < 1.29 is 14.4 Å². The summed E-state index contributed by atoms with van der Waals surface area (Å²) in [6.45, 7) is 7.55. The second-order valence-corrected chi connectivity index (χ2v) is 7.94. The first-order valence-corrected chi connectivity index (χ1v) is 11.3. The molecule has 0 bridgehead atoms. The van der Waals surface area contributed by atoms with Gasteiger partial charge in [-0.3, -0.25) is 9.59 Å². The van der Waals surface area contributed by atoms with Crippen molar-refractivity contribution >= 4 is 23.5 Å². The topological polar surface area (TPSA) is 73.0 Å². The lowest BCUT2D eigenvalue weighted by molar-refractivity contribution is 0.0671. The zero-order valence-corrected chi connectivity index (χ0v) is 18.9. The fraction of sp³-hybridized carbons (Fsp3) is 0.400. The van der Waals surface area contributed by atoms with Gasteiger partial charge in [0.05, 0.1) is 0 Å². The molecule has 1 saturated heterocycles. The van der Waals surface area contributed by atoms with E-state index in [0.717, 1.165) is 25.9 Å². The Hall–Kier alpha value is -3.35. The SMILES string of the molecule is CCCN(CCC)C(=O)c1ccc(NC(=O)N2CCN(C(=O)c3ccccc3)CC2)cc1. The second-order valence-electron chi connectivity index (χ2n) is 7.94. The quantitative estimate of drug-likeness (QED) is 0.715. The van der Waals surface area contributed by atoms with Gasteiger partial charge in [0.2, 0.25) is 0 Å². The molecule has 7 heteroatoms. The van der Waals surface area contributed by atoms with Gasteiger partial charge in [-0.15, -0.1) is 0 Å². The van der Waals surface area contributed by atoms with Crippen molar-refractivity contribution in [1.29, 1.82) is 0 Å². The average Bonchev–Trinajstić information content (AvgIpc) is 2.84. The van der Waals surface area contributed by atoms with Gasteiger partial charge in [-0.1, -0.05) is 32.0 Å². The van der Waals surface area contributed by atoms with Crippen LogP contribution in [0.5, 0.6) is 0 Å². The van der Waals surface area contributed by atoms with Crippen LogP contribution >= 0.6 is 0 Å². The van der Waals surface area contributed by atoms with Crippen LogP contribution in [0.4, 0.5) is 10.5 Å². The largest absolute Gasteiger partial charge is 0.339 e. The molecular formula is C25H32N4O3. The normalized spacial score (nSPS) is 13.6. The number of hydrogen-bond donors (Lipinski definition) is 1. The Morgan fingerprint density at radius 3 is 1.91 bits per heavy atom. The number of nitrogens with one attached hydrogen (secondary N) is 1. The lowest BCUT2D eigenvalue weighted by Gasteiger charge is -2.34. The highest BCUT2D eigenvalue weighted by Gasteiger charge is 2.25. The van der Waals surface area contributed by atoms with E-state index in [4.69, 9.17) is 0 Å². The fourth-order valence-electron chi connectivity index (χ4n) is 3.81. The molecule has 1 fully saturated rings. The highest BCUT2D eigenvalue weighted by molar-refractivity contribution is 5.96. The van der Waals surface area contributed by atoms with E-state index in [1.54, 1.807) is 46.2 Å². The predicted molar refractivity (Wildman–Crippen MR) is 126 cm³/mol. The van der Waals surface area contributed by atoms with Crippen LogP contribution in [-0.2, 0) is 0 Å². The molecule has 0 radical (unpaired) electrons. The number of hydrogen-bond acceptors (Lipinski definition) is 3. The Labute approximate surface area is 190 Å². The van der Waals surface area contributed by atoms with Crippen LogP contribution < -0.4 is 5.32 Å². The van der Waals surface area contributed by atoms with Gasteiger partial charge in [0.25, 0.3) is 11.8 Å². The van der Waals surface area contributed by atoms with E-state index in [1.807, 2.05) is 23.1 Å². The van der Waals surface area contributed by atoms with Gasteiger partial charge in [0.1, 0.15) is 0 Å². The number of anilines is 1. The molecule has 1 N–H and O–H groups in total. The van der Waals surface area contributed by atoms with E-state index in [2.05, 4.69) is 19.2 Å². The van der Waals surface area contributed by atoms with Gasteiger partial charge < -0.3 is 20.0 Å². The molecule has 7 nitrogen and oxygen atoms in total. The van der Waals surface area contributed by atoms with Crippen molar-refractivity contribution in [3.63, 3.8) is 0 Å². The third-order valence-electron chi connectivity index (χ3n) is 5.53. The van der Waals surface area contributed by atoms with Crippen molar-refractivity contribution in [2.75, 3.05) is 44.6 Å². The molecule has 2 aromatic rings. The van der Waals surface area contributed by atoms with E-state index in [9.17, 15) is 14.4 Å². The minimum atomic E-state index is -0.200. The first-order valence-electron chi connectivity index (χ1n) is 11.3. The summed E-state index contributed by atoms with van der Waals surface area (Å²) in [5.41, 5.74) is 1.93. The van der Waals surface area contributed by atoms with Crippen LogP contribution in [0, 0.1) is 0 Å². The number of amides is 4. The summed E-state index contributed by atoms with van der Waals surface area (Å²) in [7, 11) is 0. The number of urea groups is 1. The van der Waals surface area contributed by atoms with Crippen LogP contribution in [0.3, 0.4) is 0 Å². The number of benzene rings is 2. The van der Waals surface area contributed by atoms with E-state index in [0.29, 0.717) is 43.0 Å². The lowest BCUT2D eigenvalue weighted by Crippen LogP contribution is -2.51. The fourth-order valence-corrected chi connectivity index (χ4v) is 3.81. The summed E-state index contributed by atoms with van der Waals surface area (Å²) >= 11 is 0. The van der Waals surface area contributed by atoms with Gasteiger partial charge in [0, 0.05) is 56.1 Å². The van der Waals surface area contributed by atoms with Crippen LogP contribution in [0.15, 0.2) is 54.6 Å². The molecule has 4 amide bonds. The van der Waals surface area contributed by atoms with Crippen molar-refractivity contribution in [1.82, 2.24) is 14.7 Å². The van der Waals surface area contributed by atoms with E-state index in [1.165, 1.54) is 0 Å². The first-order chi connectivity index (χ1) is 15.5. The molecule has 1 aliphatic heterocycles. The van der Waals surface area contributed by atoms with Crippen LogP contribution in [0.25, 0.3) is 0 Å². The molecule has 32 heavy (non-hydrogen) atoms. The molecule has 0 saturated carbocycles. The summed E-state index contributed by atoms with van der Waals surface area (Å²) in [6.07, 6.45) is 1.84. The summed E-state index contributed by atoms with van der Waals surface area (Å²) < 4.78 is 0. The van der Waals surface area contributed by atoms with Crippen LogP contribution in [0.1, 0.15) is 47.4 Å². The number of piperazine rings is 1. The number of carbonyl (C=O) groups excluding carboxylic acids is 3. The summed E-state index contributed by atoms with van der Waals surface area (Å²) in [5, 5.41) is 2.89. The van der Waals surface area contributed by atoms with Crippen molar-refractivity contribution in [3.8, 4) is 0 Å². The molecule has 0 spiro atoms. The standard InChI is InChI=1S/C25H32N4O3/c1-3-14-27(15-4-2)24(31)21-10-12-22(13-11-21)26-25(32)29-18-16-28(17-19-29)23(30)20-8-6-5-7-9-20/h5-13H,3-4,14-19H2,1-2H3,(H,26,32). The van der Waals surface area contributed by atoms with Crippen molar-refractivity contribution in [2.45, 2.75) is 26.7 Å². The number of nitrogens with zero attached hydrogens (tertiary/aromatic N) is 3. The second kappa shape index (κ2) is 11.3. The Morgan fingerprint density at radius 1 is 0.781 bits per heavy atom. The van der Waals surface area contributed by atoms with Gasteiger partial charge in [-0.2, -0.15) is 0 Å². The van der Waals surface area contributed by atoms with Crippen molar-refractivity contribution in [3.05, 3.63) is 65.7 Å². The molecule has 170 valence electrons. The van der Waals surface area contributed by atoms with E-state index in [-0.39, 0.29) is 17.8 Å². The smallest absolute Gasteiger partial charge is 0.321 e. The molecule has 0 unspecified atom stereocenters.